The molecule has 3 nitrogen and oxygen atoms in total. The molecule has 2 aliphatic rings. The lowest BCUT2D eigenvalue weighted by Crippen LogP contribution is -2.26. The Hall–Kier alpha value is -1.35. The SMILES string of the molecule is O=CC1=CCC=C(OCCCN2CCCCCC2)C=C1. The molecule has 20 heavy (non-hydrogen) atoms. The lowest BCUT2D eigenvalue weighted by atomic mass is 10.2. The summed E-state index contributed by atoms with van der Waals surface area (Å²) in [5.41, 5.74) is 0.726. The molecule has 0 spiro atoms. The standard InChI is InChI=1S/C17H25NO2/c19-15-16-7-5-8-17(10-9-16)20-14-6-13-18-11-3-1-2-4-12-18/h7-10,15H,1-6,11-14H2. The van der Waals surface area contributed by atoms with Crippen LogP contribution in [0.2, 0.25) is 0 Å². The summed E-state index contributed by atoms with van der Waals surface area (Å²) in [6.45, 7) is 4.38. The Bertz CT molecular complexity index is 388. The van der Waals surface area contributed by atoms with E-state index < -0.39 is 0 Å². The first-order valence-corrected chi connectivity index (χ1v) is 7.77. The zero-order valence-electron chi connectivity index (χ0n) is 12.2. The summed E-state index contributed by atoms with van der Waals surface area (Å²) in [4.78, 5) is 13.2. The zero-order chi connectivity index (χ0) is 14.0. The van der Waals surface area contributed by atoms with Crippen LogP contribution < -0.4 is 0 Å². The molecule has 1 aliphatic heterocycles. The molecule has 1 saturated heterocycles. The van der Waals surface area contributed by atoms with Crippen LogP contribution in [0.3, 0.4) is 0 Å². The Labute approximate surface area is 122 Å². The summed E-state index contributed by atoms with van der Waals surface area (Å²) in [6, 6.07) is 0. The van der Waals surface area contributed by atoms with Crippen LogP contribution >= 0.6 is 0 Å². The summed E-state index contributed by atoms with van der Waals surface area (Å²) >= 11 is 0. The number of aldehydes is 1. The largest absolute Gasteiger partial charge is 0.494 e. The first-order valence-electron chi connectivity index (χ1n) is 7.77. The Balaban J connectivity index is 1.63. The van der Waals surface area contributed by atoms with Crippen molar-refractivity contribution in [2.75, 3.05) is 26.2 Å². The van der Waals surface area contributed by atoms with Crippen LogP contribution in [0.5, 0.6) is 0 Å². The molecule has 110 valence electrons. The van der Waals surface area contributed by atoms with E-state index in [1.54, 1.807) is 0 Å². The number of hydrogen-bond acceptors (Lipinski definition) is 3. The Kier molecular flexibility index (Phi) is 6.58. The molecule has 1 heterocycles. The quantitative estimate of drug-likeness (QED) is 0.550. The van der Waals surface area contributed by atoms with E-state index in [0.29, 0.717) is 0 Å². The number of hydrogen-bond donors (Lipinski definition) is 0. The maximum atomic E-state index is 10.7. The third kappa shape index (κ3) is 5.33. The number of rotatable bonds is 6. The van der Waals surface area contributed by atoms with Crippen molar-refractivity contribution in [2.45, 2.75) is 38.5 Å². The second-order valence-corrected chi connectivity index (χ2v) is 5.46. The average molecular weight is 275 g/mol. The molecule has 1 aliphatic carbocycles. The van der Waals surface area contributed by atoms with Crippen molar-refractivity contribution in [1.29, 1.82) is 0 Å². The summed E-state index contributed by atoms with van der Waals surface area (Å²) in [7, 11) is 0. The third-order valence-electron chi connectivity index (χ3n) is 3.83. The van der Waals surface area contributed by atoms with Crippen LogP contribution in [0, 0.1) is 0 Å². The molecule has 0 aromatic carbocycles. The van der Waals surface area contributed by atoms with E-state index in [4.69, 9.17) is 4.74 Å². The third-order valence-corrected chi connectivity index (χ3v) is 3.83. The topological polar surface area (TPSA) is 29.5 Å². The molecule has 2 rings (SSSR count). The van der Waals surface area contributed by atoms with Crippen molar-refractivity contribution >= 4 is 6.29 Å². The fourth-order valence-electron chi connectivity index (χ4n) is 2.66. The number of allylic oxidation sites excluding steroid dienone is 5. The van der Waals surface area contributed by atoms with E-state index in [0.717, 1.165) is 43.6 Å². The smallest absolute Gasteiger partial charge is 0.149 e. The van der Waals surface area contributed by atoms with E-state index in [1.807, 2.05) is 24.3 Å². The Morgan fingerprint density at radius 3 is 2.65 bits per heavy atom. The van der Waals surface area contributed by atoms with Gasteiger partial charge in [0.05, 0.1) is 6.61 Å². The Morgan fingerprint density at radius 2 is 1.90 bits per heavy atom. The summed E-state index contributed by atoms with van der Waals surface area (Å²) < 4.78 is 5.78. The predicted molar refractivity (Wildman–Crippen MR) is 81.5 cm³/mol. The van der Waals surface area contributed by atoms with Gasteiger partial charge in [-0.05, 0) is 57.0 Å². The number of carbonyl (C=O) groups is 1. The molecular formula is C17H25NO2. The van der Waals surface area contributed by atoms with Gasteiger partial charge in [0.1, 0.15) is 12.0 Å². The normalized spacial score (nSPS) is 20.6. The van der Waals surface area contributed by atoms with Crippen molar-refractivity contribution < 1.29 is 9.53 Å². The number of ether oxygens (including phenoxy) is 1. The highest BCUT2D eigenvalue weighted by Crippen LogP contribution is 2.12. The molecule has 0 saturated carbocycles. The summed E-state index contributed by atoms with van der Waals surface area (Å²) in [5, 5.41) is 0. The van der Waals surface area contributed by atoms with E-state index in [9.17, 15) is 4.79 Å². The van der Waals surface area contributed by atoms with Crippen molar-refractivity contribution in [3.63, 3.8) is 0 Å². The van der Waals surface area contributed by atoms with Crippen molar-refractivity contribution in [3.05, 3.63) is 35.6 Å². The van der Waals surface area contributed by atoms with Gasteiger partial charge in [0.25, 0.3) is 0 Å². The number of nitrogens with zero attached hydrogens (tertiary/aromatic N) is 1. The van der Waals surface area contributed by atoms with Gasteiger partial charge >= 0.3 is 0 Å². The maximum absolute atomic E-state index is 10.7. The van der Waals surface area contributed by atoms with Gasteiger partial charge in [-0.2, -0.15) is 0 Å². The van der Waals surface area contributed by atoms with Gasteiger partial charge in [0.15, 0.2) is 0 Å². The molecule has 0 radical (unpaired) electrons. The molecule has 0 amide bonds. The molecule has 0 atom stereocenters. The minimum Gasteiger partial charge on any atom is -0.494 e. The van der Waals surface area contributed by atoms with E-state index >= 15 is 0 Å². The van der Waals surface area contributed by atoms with Gasteiger partial charge < -0.3 is 9.64 Å². The predicted octanol–water partition coefficient (Wildman–Crippen LogP) is 3.24. The molecule has 1 fully saturated rings. The maximum Gasteiger partial charge on any atom is 0.149 e. The molecule has 0 aromatic heterocycles. The minimum atomic E-state index is 0.726. The van der Waals surface area contributed by atoms with Gasteiger partial charge in [-0.15, -0.1) is 0 Å². The first kappa shape index (κ1) is 15.0. The fourth-order valence-corrected chi connectivity index (χ4v) is 2.66. The first-order chi connectivity index (χ1) is 9.88. The van der Waals surface area contributed by atoms with Crippen LogP contribution in [0.1, 0.15) is 38.5 Å². The van der Waals surface area contributed by atoms with Crippen LogP contribution in [-0.4, -0.2) is 37.4 Å². The number of carbonyl (C=O) groups excluding carboxylic acids is 1. The summed E-state index contributed by atoms with van der Waals surface area (Å²) in [5.74, 6) is 0.883. The molecular weight excluding hydrogens is 250 g/mol. The van der Waals surface area contributed by atoms with Crippen molar-refractivity contribution in [3.8, 4) is 0 Å². The van der Waals surface area contributed by atoms with E-state index in [2.05, 4.69) is 4.90 Å². The minimum absolute atomic E-state index is 0.726. The highest BCUT2D eigenvalue weighted by atomic mass is 16.5. The van der Waals surface area contributed by atoms with Gasteiger partial charge in [0, 0.05) is 12.1 Å². The number of likely N-dealkylation sites (tertiary alicyclic amines) is 1. The average Bonchev–Trinajstić information content (AvgIpc) is 2.86. The van der Waals surface area contributed by atoms with Crippen molar-refractivity contribution in [1.82, 2.24) is 4.90 Å². The monoisotopic (exact) mass is 275 g/mol. The summed E-state index contributed by atoms with van der Waals surface area (Å²) in [6.07, 6.45) is 15.8. The second-order valence-electron chi connectivity index (χ2n) is 5.46. The van der Waals surface area contributed by atoms with Gasteiger partial charge in [-0.25, -0.2) is 0 Å². The van der Waals surface area contributed by atoms with Crippen molar-refractivity contribution in [2.24, 2.45) is 0 Å². The molecule has 3 heteroatoms. The fraction of sp³-hybridized carbons (Fsp3) is 0.588. The molecule has 0 N–H and O–H groups in total. The van der Waals surface area contributed by atoms with Crippen LogP contribution in [-0.2, 0) is 9.53 Å². The zero-order valence-corrected chi connectivity index (χ0v) is 12.2. The highest BCUT2D eigenvalue weighted by molar-refractivity contribution is 5.77. The lowest BCUT2D eigenvalue weighted by Gasteiger charge is -2.19. The molecule has 0 aromatic rings. The van der Waals surface area contributed by atoms with E-state index in [-0.39, 0.29) is 0 Å². The van der Waals surface area contributed by atoms with Gasteiger partial charge in [-0.1, -0.05) is 18.9 Å². The van der Waals surface area contributed by atoms with Crippen LogP contribution in [0.15, 0.2) is 35.6 Å². The molecule has 0 unspecified atom stereocenters. The van der Waals surface area contributed by atoms with E-state index in [1.165, 1.54) is 38.8 Å². The van der Waals surface area contributed by atoms with Crippen LogP contribution in [0.25, 0.3) is 0 Å². The lowest BCUT2D eigenvalue weighted by molar-refractivity contribution is -0.104. The molecule has 0 bridgehead atoms. The van der Waals surface area contributed by atoms with Gasteiger partial charge in [-0.3, -0.25) is 4.79 Å². The van der Waals surface area contributed by atoms with Gasteiger partial charge in [0.2, 0.25) is 0 Å². The van der Waals surface area contributed by atoms with Crippen LogP contribution in [0.4, 0.5) is 0 Å². The Morgan fingerprint density at radius 1 is 1.10 bits per heavy atom. The highest BCUT2D eigenvalue weighted by Gasteiger charge is 2.08. The second kappa shape index (κ2) is 8.75.